The molecule has 0 radical (unpaired) electrons. The van der Waals surface area contributed by atoms with Gasteiger partial charge in [0.2, 0.25) is 0 Å². The van der Waals surface area contributed by atoms with Crippen molar-refractivity contribution in [3.63, 3.8) is 0 Å². The highest BCUT2D eigenvalue weighted by Gasteiger charge is 2.50. The van der Waals surface area contributed by atoms with Crippen LogP contribution in [-0.2, 0) is 11.8 Å². The number of piperidine rings is 1. The third-order valence-electron chi connectivity index (χ3n) is 6.27. The van der Waals surface area contributed by atoms with Gasteiger partial charge < -0.3 is 4.74 Å². The monoisotopic (exact) mass is 329 g/mol. The van der Waals surface area contributed by atoms with E-state index in [0.717, 1.165) is 5.75 Å². The fraction of sp³-hybridized carbons (Fsp3) is 0.727. The van der Waals surface area contributed by atoms with E-state index in [-0.39, 0.29) is 16.6 Å². The Labute approximate surface area is 148 Å². The molecule has 0 aromatic heterocycles. The van der Waals surface area contributed by atoms with Crippen LogP contribution in [0.3, 0.4) is 0 Å². The predicted molar refractivity (Wildman–Crippen MR) is 102 cm³/mol. The number of fused-ring (bicyclic) bond motifs is 4. The lowest BCUT2D eigenvalue weighted by Gasteiger charge is -2.58. The van der Waals surface area contributed by atoms with E-state index in [1.807, 2.05) is 0 Å². The van der Waals surface area contributed by atoms with Crippen molar-refractivity contribution in [3.05, 3.63) is 29.3 Å². The molecular formula is C22H35NO. The lowest BCUT2D eigenvalue weighted by Crippen LogP contribution is -2.62. The molecule has 1 aromatic rings. The van der Waals surface area contributed by atoms with Gasteiger partial charge in [-0.15, -0.1) is 0 Å². The second-order valence-electron chi connectivity index (χ2n) is 10.1. The Kier molecular flexibility index (Phi) is 4.07. The molecule has 1 fully saturated rings. The molecule has 0 amide bonds. The summed E-state index contributed by atoms with van der Waals surface area (Å²) in [6.45, 7) is 19.6. The summed E-state index contributed by atoms with van der Waals surface area (Å²) in [4.78, 5) is 2.74. The second-order valence-corrected chi connectivity index (χ2v) is 10.1. The van der Waals surface area contributed by atoms with E-state index in [9.17, 15) is 0 Å². The molecule has 2 aliphatic rings. The first kappa shape index (κ1) is 17.8. The van der Waals surface area contributed by atoms with Gasteiger partial charge in [0.25, 0.3) is 0 Å². The van der Waals surface area contributed by atoms with E-state index < -0.39 is 0 Å². The number of nitrogens with zero attached hydrogens (tertiary/aromatic N) is 1. The molecule has 2 heteroatoms. The molecule has 1 saturated heterocycles. The Morgan fingerprint density at radius 2 is 1.79 bits per heavy atom. The summed E-state index contributed by atoms with van der Waals surface area (Å²) in [6, 6.07) is 7.46. The van der Waals surface area contributed by atoms with Gasteiger partial charge in [-0.2, -0.15) is 0 Å². The maximum atomic E-state index is 6.15. The van der Waals surface area contributed by atoms with Crippen molar-refractivity contribution >= 4 is 0 Å². The van der Waals surface area contributed by atoms with Gasteiger partial charge in [-0.1, -0.05) is 19.9 Å². The zero-order valence-corrected chi connectivity index (χ0v) is 16.9. The number of hydrogen-bond acceptors (Lipinski definition) is 2. The first-order valence-electron chi connectivity index (χ1n) is 9.51. The molecule has 0 N–H and O–H groups in total. The van der Waals surface area contributed by atoms with E-state index in [1.54, 1.807) is 0 Å². The SMILES string of the molecule is CC1C2Cc3ccc(OC(C)(C)C)cc3[C@@]1(C)CCN2C(C)(C)C. The van der Waals surface area contributed by atoms with Gasteiger partial charge in [-0.25, -0.2) is 0 Å². The number of ether oxygens (including phenoxy) is 1. The highest BCUT2D eigenvalue weighted by Crippen LogP contribution is 2.50. The Morgan fingerprint density at radius 3 is 2.38 bits per heavy atom. The summed E-state index contributed by atoms with van der Waals surface area (Å²) in [5.41, 5.74) is 3.41. The van der Waals surface area contributed by atoms with Crippen molar-refractivity contribution in [1.82, 2.24) is 4.90 Å². The molecule has 3 atom stereocenters. The quantitative estimate of drug-likeness (QED) is 0.703. The van der Waals surface area contributed by atoms with Crippen molar-refractivity contribution in [2.45, 2.75) is 90.8 Å². The van der Waals surface area contributed by atoms with E-state index in [0.29, 0.717) is 12.0 Å². The van der Waals surface area contributed by atoms with Crippen LogP contribution in [0.25, 0.3) is 0 Å². The molecule has 1 aliphatic heterocycles. The number of benzene rings is 1. The minimum absolute atomic E-state index is 0.145. The third kappa shape index (κ3) is 2.98. The Hall–Kier alpha value is -1.02. The molecule has 0 saturated carbocycles. The molecule has 3 rings (SSSR count). The van der Waals surface area contributed by atoms with Crippen LogP contribution in [0, 0.1) is 5.92 Å². The zero-order valence-electron chi connectivity index (χ0n) is 16.9. The van der Waals surface area contributed by atoms with Crippen LogP contribution in [0.5, 0.6) is 5.75 Å². The van der Waals surface area contributed by atoms with Crippen molar-refractivity contribution in [2.75, 3.05) is 6.54 Å². The second kappa shape index (κ2) is 5.49. The first-order chi connectivity index (χ1) is 10.9. The molecule has 1 aromatic carbocycles. The van der Waals surface area contributed by atoms with Gasteiger partial charge in [-0.05, 0) is 95.5 Å². The van der Waals surface area contributed by atoms with Gasteiger partial charge in [0.1, 0.15) is 11.4 Å². The Bertz CT molecular complexity index is 622. The number of likely N-dealkylation sites (tertiary alicyclic amines) is 1. The number of rotatable bonds is 1. The highest BCUT2D eigenvalue weighted by molar-refractivity contribution is 5.45. The van der Waals surface area contributed by atoms with Gasteiger partial charge in [-0.3, -0.25) is 4.90 Å². The number of hydrogen-bond donors (Lipinski definition) is 0. The van der Waals surface area contributed by atoms with E-state index >= 15 is 0 Å². The minimum atomic E-state index is -0.145. The molecule has 2 nitrogen and oxygen atoms in total. The Morgan fingerprint density at radius 1 is 1.12 bits per heavy atom. The topological polar surface area (TPSA) is 12.5 Å². The van der Waals surface area contributed by atoms with Crippen LogP contribution in [0.1, 0.15) is 72.9 Å². The standard InChI is InChI=1S/C22H35NO/c1-15-19-13-16-9-10-17(24-21(5,6)7)14-18(16)22(15,8)11-12-23(19)20(2,3)4/h9-10,14-15,19H,11-13H2,1-8H3/t15?,19?,22-/m0/s1. The van der Waals surface area contributed by atoms with E-state index in [1.165, 1.54) is 30.5 Å². The molecule has 24 heavy (non-hydrogen) atoms. The maximum Gasteiger partial charge on any atom is 0.120 e. The first-order valence-corrected chi connectivity index (χ1v) is 9.51. The third-order valence-corrected chi connectivity index (χ3v) is 6.27. The van der Waals surface area contributed by atoms with Crippen LogP contribution in [0.2, 0.25) is 0 Å². The molecule has 1 aliphatic carbocycles. The fourth-order valence-electron chi connectivity index (χ4n) is 4.85. The van der Waals surface area contributed by atoms with Crippen molar-refractivity contribution in [2.24, 2.45) is 5.92 Å². The highest BCUT2D eigenvalue weighted by atomic mass is 16.5. The van der Waals surface area contributed by atoms with Crippen molar-refractivity contribution in [1.29, 1.82) is 0 Å². The van der Waals surface area contributed by atoms with E-state index in [4.69, 9.17) is 4.74 Å². The lowest BCUT2D eigenvalue weighted by atomic mass is 9.58. The summed E-state index contributed by atoms with van der Waals surface area (Å²) >= 11 is 0. The van der Waals surface area contributed by atoms with Crippen molar-refractivity contribution in [3.8, 4) is 5.75 Å². The zero-order chi connectivity index (χ0) is 17.9. The summed E-state index contributed by atoms with van der Waals surface area (Å²) in [7, 11) is 0. The van der Waals surface area contributed by atoms with Gasteiger partial charge in [0.15, 0.2) is 0 Å². The van der Waals surface area contributed by atoms with Crippen LogP contribution in [-0.4, -0.2) is 28.6 Å². The fourth-order valence-corrected chi connectivity index (χ4v) is 4.85. The molecule has 1 heterocycles. The average Bonchev–Trinajstić information content (AvgIpc) is 2.40. The molecule has 2 unspecified atom stereocenters. The van der Waals surface area contributed by atoms with Gasteiger partial charge in [0.05, 0.1) is 0 Å². The van der Waals surface area contributed by atoms with Crippen LogP contribution in [0.4, 0.5) is 0 Å². The van der Waals surface area contributed by atoms with E-state index in [2.05, 4.69) is 78.5 Å². The normalized spacial score (nSPS) is 30.8. The minimum Gasteiger partial charge on any atom is -0.488 e. The largest absolute Gasteiger partial charge is 0.488 e. The molecule has 2 bridgehead atoms. The van der Waals surface area contributed by atoms with Crippen LogP contribution < -0.4 is 4.74 Å². The lowest BCUT2D eigenvalue weighted by molar-refractivity contribution is -0.0249. The predicted octanol–water partition coefficient (Wildman–Crippen LogP) is 5.19. The average molecular weight is 330 g/mol. The van der Waals surface area contributed by atoms with Gasteiger partial charge in [0, 0.05) is 11.6 Å². The Balaban J connectivity index is 2.00. The smallest absolute Gasteiger partial charge is 0.120 e. The summed E-state index contributed by atoms with van der Waals surface area (Å²) in [5, 5.41) is 0. The summed E-state index contributed by atoms with van der Waals surface area (Å²) in [5.74, 6) is 1.69. The van der Waals surface area contributed by atoms with Crippen molar-refractivity contribution < 1.29 is 4.74 Å². The maximum absolute atomic E-state index is 6.15. The van der Waals surface area contributed by atoms with Gasteiger partial charge >= 0.3 is 0 Å². The molecule has 0 spiro atoms. The van der Waals surface area contributed by atoms with Crippen LogP contribution >= 0.6 is 0 Å². The van der Waals surface area contributed by atoms with Crippen LogP contribution in [0.15, 0.2) is 18.2 Å². The molecule has 134 valence electrons. The molecular weight excluding hydrogens is 294 g/mol. The summed E-state index contributed by atoms with van der Waals surface area (Å²) < 4.78 is 6.15. The summed E-state index contributed by atoms with van der Waals surface area (Å²) in [6.07, 6.45) is 2.40.